The summed E-state index contributed by atoms with van der Waals surface area (Å²) in [6.07, 6.45) is 5.78. The van der Waals surface area contributed by atoms with Gasteiger partial charge >= 0.3 is 0 Å². The second-order valence-electron chi connectivity index (χ2n) is 5.83. The number of unbranched alkanes of at least 4 members (excludes halogenated alkanes) is 3. The Bertz CT molecular complexity index is 435. The zero-order valence-electron chi connectivity index (χ0n) is 14.1. The molecule has 4 nitrogen and oxygen atoms in total. The molecule has 4 N–H and O–H groups in total. The van der Waals surface area contributed by atoms with Crippen LogP contribution in [0.2, 0.25) is 0 Å². The van der Waals surface area contributed by atoms with Crippen molar-refractivity contribution in [2.45, 2.75) is 52.4 Å². The topological polar surface area (TPSA) is 69.7 Å². The number of rotatable bonds is 11. The lowest BCUT2D eigenvalue weighted by Gasteiger charge is -2.28. The van der Waals surface area contributed by atoms with Crippen LogP contribution in [0.1, 0.15) is 50.2 Å². The second kappa shape index (κ2) is 10.5. The number of nitrogens with two attached hydrogens (primary N) is 1. The molecule has 0 aliphatic heterocycles. The molecule has 0 radical (unpaired) electrons. The molecule has 0 aliphatic rings. The molecule has 22 heavy (non-hydrogen) atoms. The zero-order valence-corrected chi connectivity index (χ0v) is 14.1. The van der Waals surface area contributed by atoms with E-state index in [4.69, 9.17) is 15.9 Å². The third kappa shape index (κ3) is 5.50. The number of aliphatic hydroxyl groups is 2. The Morgan fingerprint density at radius 2 is 1.55 bits per heavy atom. The first-order valence-corrected chi connectivity index (χ1v) is 8.50. The molecule has 4 heteroatoms. The first kappa shape index (κ1) is 18.8. The van der Waals surface area contributed by atoms with Gasteiger partial charge in [0.25, 0.3) is 0 Å². The van der Waals surface area contributed by atoms with Crippen molar-refractivity contribution in [3.8, 4) is 0 Å². The molecule has 0 atom stereocenters. The monoisotopic (exact) mass is 308 g/mol. The zero-order chi connectivity index (χ0) is 16.4. The van der Waals surface area contributed by atoms with Gasteiger partial charge in [-0.3, -0.25) is 0 Å². The van der Waals surface area contributed by atoms with Gasteiger partial charge in [0.1, 0.15) is 0 Å². The third-order valence-electron chi connectivity index (χ3n) is 4.23. The molecule has 0 amide bonds. The average molecular weight is 308 g/mol. The molecule has 0 unspecified atom stereocenters. The summed E-state index contributed by atoms with van der Waals surface area (Å²) in [5.41, 5.74) is 10.7. The fourth-order valence-corrected chi connectivity index (χ4v) is 2.86. The van der Waals surface area contributed by atoms with Crippen LogP contribution in [-0.4, -0.2) is 36.5 Å². The van der Waals surface area contributed by atoms with E-state index >= 15 is 0 Å². The summed E-state index contributed by atoms with van der Waals surface area (Å²) in [6, 6.07) is 4.13. The van der Waals surface area contributed by atoms with Gasteiger partial charge in [0.05, 0.1) is 0 Å². The van der Waals surface area contributed by atoms with E-state index in [1.807, 2.05) is 6.07 Å². The van der Waals surface area contributed by atoms with Crippen molar-refractivity contribution in [2.75, 3.05) is 36.9 Å². The number of nitrogens with zero attached hydrogens (tertiary/aromatic N) is 1. The summed E-state index contributed by atoms with van der Waals surface area (Å²) in [5.74, 6) is 0. The SMILES string of the molecule is CCc1c(N(CCCCO)CCCCCO)ccc(N)c1C. The minimum Gasteiger partial charge on any atom is -0.399 e. The van der Waals surface area contributed by atoms with Crippen molar-refractivity contribution in [3.05, 3.63) is 23.3 Å². The normalized spacial score (nSPS) is 10.9. The molecule has 1 aromatic rings. The molecule has 0 fully saturated rings. The van der Waals surface area contributed by atoms with E-state index in [2.05, 4.69) is 24.8 Å². The van der Waals surface area contributed by atoms with Crippen molar-refractivity contribution in [1.82, 2.24) is 0 Å². The van der Waals surface area contributed by atoms with Crippen molar-refractivity contribution in [2.24, 2.45) is 0 Å². The Hall–Kier alpha value is -1.26. The van der Waals surface area contributed by atoms with Crippen LogP contribution in [-0.2, 0) is 6.42 Å². The van der Waals surface area contributed by atoms with Crippen molar-refractivity contribution in [1.29, 1.82) is 0 Å². The smallest absolute Gasteiger partial charge is 0.0431 e. The van der Waals surface area contributed by atoms with Crippen molar-refractivity contribution < 1.29 is 10.2 Å². The predicted octanol–water partition coefficient (Wildman–Crippen LogP) is 2.88. The fourth-order valence-electron chi connectivity index (χ4n) is 2.86. The molecule has 0 saturated heterocycles. The molecule has 0 bridgehead atoms. The highest BCUT2D eigenvalue weighted by Crippen LogP contribution is 2.29. The number of nitrogen functional groups attached to an aromatic ring is 1. The van der Waals surface area contributed by atoms with Crippen LogP contribution in [0.5, 0.6) is 0 Å². The van der Waals surface area contributed by atoms with Gasteiger partial charge in [-0.05, 0) is 68.7 Å². The molecule has 0 aliphatic carbocycles. The van der Waals surface area contributed by atoms with Gasteiger partial charge in [0.15, 0.2) is 0 Å². The minimum atomic E-state index is 0.250. The third-order valence-corrected chi connectivity index (χ3v) is 4.23. The van der Waals surface area contributed by atoms with Gasteiger partial charge in [-0.25, -0.2) is 0 Å². The first-order valence-electron chi connectivity index (χ1n) is 8.50. The summed E-state index contributed by atoms with van der Waals surface area (Å²) < 4.78 is 0. The Morgan fingerprint density at radius 3 is 2.14 bits per heavy atom. The minimum absolute atomic E-state index is 0.250. The van der Waals surface area contributed by atoms with Gasteiger partial charge < -0.3 is 20.8 Å². The molecule has 0 saturated carbocycles. The summed E-state index contributed by atoms with van der Waals surface area (Å²) in [6.45, 7) is 6.72. The van der Waals surface area contributed by atoms with Gasteiger partial charge in [0.2, 0.25) is 0 Å². The van der Waals surface area contributed by atoms with Crippen LogP contribution in [0, 0.1) is 6.92 Å². The van der Waals surface area contributed by atoms with Gasteiger partial charge in [-0.15, -0.1) is 0 Å². The molecule has 126 valence electrons. The summed E-state index contributed by atoms with van der Waals surface area (Å²) in [5, 5.41) is 17.9. The lowest BCUT2D eigenvalue weighted by atomic mass is 10.0. The Morgan fingerprint density at radius 1 is 0.955 bits per heavy atom. The van der Waals surface area contributed by atoms with Crippen LogP contribution in [0.15, 0.2) is 12.1 Å². The Labute approximate surface area is 134 Å². The van der Waals surface area contributed by atoms with E-state index in [9.17, 15) is 0 Å². The van der Waals surface area contributed by atoms with Crippen LogP contribution in [0.4, 0.5) is 11.4 Å². The molecule has 1 rings (SSSR count). The van der Waals surface area contributed by atoms with Crippen molar-refractivity contribution >= 4 is 11.4 Å². The summed E-state index contributed by atoms with van der Waals surface area (Å²) in [4.78, 5) is 2.41. The fraction of sp³-hybridized carbons (Fsp3) is 0.667. The van der Waals surface area contributed by atoms with E-state index in [1.54, 1.807) is 0 Å². The van der Waals surface area contributed by atoms with Crippen LogP contribution in [0.25, 0.3) is 0 Å². The van der Waals surface area contributed by atoms with Crippen LogP contribution in [0.3, 0.4) is 0 Å². The average Bonchev–Trinajstić information content (AvgIpc) is 2.52. The highest BCUT2D eigenvalue weighted by Gasteiger charge is 2.13. The quantitative estimate of drug-likeness (QED) is 0.434. The maximum Gasteiger partial charge on any atom is 0.0431 e. The predicted molar refractivity (Wildman–Crippen MR) is 94.4 cm³/mol. The van der Waals surface area contributed by atoms with Gasteiger partial charge in [-0.2, -0.15) is 0 Å². The largest absolute Gasteiger partial charge is 0.399 e. The summed E-state index contributed by atoms with van der Waals surface area (Å²) >= 11 is 0. The lowest BCUT2D eigenvalue weighted by molar-refractivity contribution is 0.282. The standard InChI is InChI=1S/C18H32N2O2/c1-3-16-15(2)17(19)9-10-18(16)20(12-6-8-14-22)11-5-4-7-13-21/h9-10,21-22H,3-8,11-14,19H2,1-2H3. The number of hydrogen-bond acceptors (Lipinski definition) is 4. The van der Waals surface area contributed by atoms with Crippen LogP contribution >= 0.6 is 0 Å². The van der Waals surface area contributed by atoms with E-state index in [0.717, 1.165) is 57.3 Å². The number of benzene rings is 1. The molecular weight excluding hydrogens is 276 g/mol. The molecular formula is C18H32N2O2. The van der Waals surface area contributed by atoms with E-state index in [-0.39, 0.29) is 13.2 Å². The summed E-state index contributed by atoms with van der Waals surface area (Å²) in [7, 11) is 0. The number of aliphatic hydroxyl groups excluding tert-OH is 2. The van der Waals surface area contributed by atoms with Crippen LogP contribution < -0.4 is 10.6 Å². The lowest BCUT2D eigenvalue weighted by Crippen LogP contribution is -2.27. The molecule has 1 aromatic carbocycles. The second-order valence-corrected chi connectivity index (χ2v) is 5.83. The molecule has 0 aromatic heterocycles. The van der Waals surface area contributed by atoms with E-state index in [1.165, 1.54) is 16.8 Å². The number of anilines is 2. The van der Waals surface area contributed by atoms with E-state index in [0.29, 0.717) is 0 Å². The first-order chi connectivity index (χ1) is 10.7. The van der Waals surface area contributed by atoms with Gasteiger partial charge in [0, 0.05) is 37.7 Å². The maximum atomic E-state index is 9.01. The number of hydrogen-bond donors (Lipinski definition) is 3. The Kier molecular flexibility index (Phi) is 8.94. The highest BCUT2D eigenvalue weighted by atomic mass is 16.3. The highest BCUT2D eigenvalue weighted by molar-refractivity contribution is 5.64. The van der Waals surface area contributed by atoms with E-state index < -0.39 is 0 Å². The molecule has 0 spiro atoms. The maximum absolute atomic E-state index is 9.01. The van der Waals surface area contributed by atoms with Gasteiger partial charge in [-0.1, -0.05) is 6.92 Å². The Balaban J connectivity index is 2.86. The molecule has 0 heterocycles. The van der Waals surface area contributed by atoms with Crippen molar-refractivity contribution in [3.63, 3.8) is 0 Å².